The molecule has 7 nitrogen and oxygen atoms in total. The van der Waals surface area contributed by atoms with E-state index in [2.05, 4.69) is 13.8 Å². The zero-order chi connectivity index (χ0) is 31.7. The molecular weight excluding hydrogens is 532 g/mol. The zero-order valence-corrected chi connectivity index (χ0v) is 27.6. The van der Waals surface area contributed by atoms with Crippen molar-refractivity contribution >= 4 is 17.7 Å². The van der Waals surface area contributed by atoms with Gasteiger partial charge in [0.2, 0.25) is 0 Å². The number of ketones is 1. The number of hydrogen-bond donors (Lipinski definition) is 0. The quantitative estimate of drug-likeness (QED) is 0.169. The maximum Gasteiger partial charge on any atom is 0.315 e. The number of Topliss-reactive ketones (excluding diaryl/α,β-unsaturated/α-hetero) is 1. The predicted molar refractivity (Wildman–Crippen MR) is 164 cm³/mol. The van der Waals surface area contributed by atoms with E-state index < -0.39 is 17.5 Å². The van der Waals surface area contributed by atoms with Crippen LogP contribution in [0.4, 0.5) is 0 Å². The monoisotopic (exact) mass is 584 g/mol. The molecule has 0 bridgehead atoms. The lowest BCUT2D eigenvalue weighted by Gasteiger charge is -2.61. The van der Waals surface area contributed by atoms with Crippen LogP contribution in [0.2, 0.25) is 0 Å². The minimum atomic E-state index is -0.971. The molecule has 0 aliphatic heterocycles. The summed E-state index contributed by atoms with van der Waals surface area (Å²) in [5.41, 5.74) is 0.965. The van der Waals surface area contributed by atoms with Gasteiger partial charge < -0.3 is 18.9 Å². The Kier molecular flexibility index (Phi) is 10.2. The van der Waals surface area contributed by atoms with E-state index in [0.29, 0.717) is 12.8 Å². The van der Waals surface area contributed by atoms with Crippen LogP contribution < -0.4 is 0 Å². The van der Waals surface area contributed by atoms with Gasteiger partial charge in [-0.2, -0.15) is 0 Å². The highest BCUT2D eigenvalue weighted by Gasteiger charge is 2.68. The summed E-state index contributed by atoms with van der Waals surface area (Å²) in [6.45, 7) is 15.8. The van der Waals surface area contributed by atoms with E-state index in [1.54, 1.807) is 14.2 Å². The number of methoxy groups -OCH3 is 3. The summed E-state index contributed by atoms with van der Waals surface area (Å²) in [7, 11) is 4.77. The van der Waals surface area contributed by atoms with Crippen molar-refractivity contribution in [1.82, 2.24) is 0 Å². The number of hydrogen-bond acceptors (Lipinski definition) is 7. The number of carbonyl (C=O) groups excluding carboxylic acids is 3. The van der Waals surface area contributed by atoms with Gasteiger partial charge in [-0.15, -0.1) is 0 Å². The standard InChI is InChI=1S/C35H52O7/c1-22(13-12-18-32(4,5)41-11)26(39-9)15-14-23(2)30-25(37)21-28-33(6)20-17-29(42-24(3)36)35(8,31(38)40-10)27(33)16-19-34(28,30)7/h12-15,18,26-29H,16-17,19-21H2,1-11H3/b15-14+,18-12+,22-13+,30-23-/t26?,27-,28?,29-,33+,34+,35-/m1/s1. The molecule has 0 amide bonds. The average Bonchev–Trinajstić information content (AvgIpc) is 3.20. The molecule has 0 N–H and O–H groups in total. The summed E-state index contributed by atoms with van der Waals surface area (Å²) < 4.78 is 22.2. The first-order valence-corrected chi connectivity index (χ1v) is 15.1. The fourth-order valence-corrected chi connectivity index (χ4v) is 8.45. The molecule has 3 fully saturated rings. The predicted octanol–water partition coefficient (Wildman–Crippen LogP) is 6.72. The number of ether oxygens (including phenoxy) is 4. The molecule has 3 saturated carbocycles. The fraction of sp³-hybridized carbons (Fsp3) is 0.686. The van der Waals surface area contributed by atoms with E-state index in [0.717, 1.165) is 36.0 Å². The van der Waals surface area contributed by atoms with Crippen molar-refractivity contribution in [3.8, 4) is 0 Å². The Morgan fingerprint density at radius 2 is 1.67 bits per heavy atom. The number of carbonyl (C=O) groups is 3. The molecule has 3 aliphatic carbocycles. The molecule has 3 rings (SSSR count). The van der Waals surface area contributed by atoms with Crippen molar-refractivity contribution in [3.05, 3.63) is 47.1 Å². The van der Waals surface area contributed by atoms with E-state index in [-0.39, 0.29) is 46.1 Å². The van der Waals surface area contributed by atoms with Crippen LogP contribution in [0.1, 0.15) is 87.5 Å². The minimum absolute atomic E-state index is 0.0709. The summed E-state index contributed by atoms with van der Waals surface area (Å²) in [5, 5.41) is 0. The Bertz CT molecular complexity index is 1190. The Hall–Kier alpha value is -2.51. The molecule has 0 aromatic carbocycles. The van der Waals surface area contributed by atoms with Gasteiger partial charge in [0.05, 0.1) is 18.8 Å². The van der Waals surface area contributed by atoms with Crippen molar-refractivity contribution in [1.29, 1.82) is 0 Å². The largest absolute Gasteiger partial charge is 0.468 e. The lowest BCUT2D eigenvalue weighted by molar-refractivity contribution is -0.206. The van der Waals surface area contributed by atoms with E-state index in [9.17, 15) is 14.4 Å². The van der Waals surface area contributed by atoms with Gasteiger partial charge in [0, 0.05) is 38.6 Å². The second kappa shape index (κ2) is 12.6. The second-order valence-electron chi connectivity index (χ2n) is 13.8. The first kappa shape index (κ1) is 34.0. The molecule has 0 aromatic heterocycles. The van der Waals surface area contributed by atoms with Crippen LogP contribution in [0.15, 0.2) is 47.1 Å². The zero-order valence-electron chi connectivity index (χ0n) is 27.6. The third-order valence-electron chi connectivity index (χ3n) is 10.8. The van der Waals surface area contributed by atoms with Crippen molar-refractivity contribution in [2.45, 2.75) is 105 Å². The summed E-state index contributed by atoms with van der Waals surface area (Å²) in [4.78, 5) is 39.1. The molecule has 3 aliphatic rings. The van der Waals surface area contributed by atoms with Crippen molar-refractivity contribution in [3.63, 3.8) is 0 Å². The lowest BCUT2D eigenvalue weighted by Crippen LogP contribution is -2.62. The third kappa shape index (κ3) is 6.10. The first-order chi connectivity index (χ1) is 19.5. The van der Waals surface area contributed by atoms with Crippen LogP contribution in [-0.4, -0.2) is 56.9 Å². The van der Waals surface area contributed by atoms with Crippen LogP contribution in [0.5, 0.6) is 0 Å². The summed E-state index contributed by atoms with van der Waals surface area (Å²) in [6, 6.07) is 0. The van der Waals surface area contributed by atoms with Gasteiger partial charge in [0.1, 0.15) is 11.5 Å². The Morgan fingerprint density at radius 3 is 2.24 bits per heavy atom. The highest BCUT2D eigenvalue weighted by atomic mass is 16.6. The molecule has 0 aromatic rings. The smallest absolute Gasteiger partial charge is 0.315 e. The maximum absolute atomic E-state index is 13.8. The Morgan fingerprint density at radius 1 is 1.00 bits per heavy atom. The summed E-state index contributed by atoms with van der Waals surface area (Å²) in [5.74, 6) is -0.553. The topological polar surface area (TPSA) is 88.1 Å². The summed E-state index contributed by atoms with van der Waals surface area (Å²) >= 11 is 0. The SMILES string of the molecule is COC(=O)[C@@]1(C)[C@H](OC(C)=O)CC[C@]2(C)C3CC(=O)/C(=C(C)/C=C/C(OC)/C(C)=C/C=C/C(C)(C)OC)[C@@]3(C)CC[C@@H]12. The fourth-order valence-electron chi connectivity index (χ4n) is 8.45. The minimum Gasteiger partial charge on any atom is -0.468 e. The average molecular weight is 585 g/mol. The van der Waals surface area contributed by atoms with Gasteiger partial charge in [-0.05, 0) is 88.7 Å². The van der Waals surface area contributed by atoms with Crippen LogP contribution in [0.25, 0.3) is 0 Å². The van der Waals surface area contributed by atoms with Gasteiger partial charge in [-0.25, -0.2) is 0 Å². The second-order valence-corrected chi connectivity index (χ2v) is 13.8. The van der Waals surface area contributed by atoms with Crippen LogP contribution in [0.3, 0.4) is 0 Å². The van der Waals surface area contributed by atoms with Crippen molar-refractivity contribution < 1.29 is 33.3 Å². The number of fused-ring (bicyclic) bond motifs is 3. The highest BCUT2D eigenvalue weighted by molar-refractivity contribution is 6.01. The lowest BCUT2D eigenvalue weighted by atomic mass is 9.42. The maximum atomic E-state index is 13.8. The Balaban J connectivity index is 1.95. The molecule has 234 valence electrons. The molecule has 0 heterocycles. The molecule has 42 heavy (non-hydrogen) atoms. The number of esters is 2. The molecule has 0 radical (unpaired) electrons. The van der Waals surface area contributed by atoms with Gasteiger partial charge in [0.15, 0.2) is 5.78 Å². The normalized spacial score (nSPS) is 35.6. The summed E-state index contributed by atoms with van der Waals surface area (Å²) in [6.07, 6.45) is 12.6. The van der Waals surface area contributed by atoms with Crippen molar-refractivity contribution in [2.24, 2.45) is 28.1 Å². The van der Waals surface area contributed by atoms with E-state index in [1.807, 2.05) is 65.0 Å². The van der Waals surface area contributed by atoms with E-state index in [4.69, 9.17) is 18.9 Å². The van der Waals surface area contributed by atoms with E-state index in [1.165, 1.54) is 14.0 Å². The van der Waals surface area contributed by atoms with Crippen LogP contribution >= 0.6 is 0 Å². The van der Waals surface area contributed by atoms with Crippen molar-refractivity contribution in [2.75, 3.05) is 21.3 Å². The molecular formula is C35H52O7. The molecule has 0 saturated heterocycles. The molecule has 2 unspecified atom stereocenters. The van der Waals surface area contributed by atoms with Gasteiger partial charge in [-0.3, -0.25) is 14.4 Å². The first-order valence-electron chi connectivity index (χ1n) is 15.1. The van der Waals surface area contributed by atoms with Gasteiger partial charge in [-0.1, -0.05) is 44.2 Å². The van der Waals surface area contributed by atoms with Crippen LogP contribution in [-0.2, 0) is 33.3 Å². The molecule has 0 spiro atoms. The number of allylic oxidation sites excluding steroid dienone is 5. The molecule has 7 heteroatoms. The molecule has 7 atom stereocenters. The van der Waals surface area contributed by atoms with Crippen LogP contribution in [0, 0.1) is 28.1 Å². The highest BCUT2D eigenvalue weighted by Crippen LogP contribution is 2.69. The van der Waals surface area contributed by atoms with E-state index >= 15 is 0 Å². The third-order valence-corrected chi connectivity index (χ3v) is 10.8. The van der Waals surface area contributed by atoms with Gasteiger partial charge >= 0.3 is 11.9 Å². The Labute approximate surface area is 252 Å². The van der Waals surface area contributed by atoms with Gasteiger partial charge in [0.25, 0.3) is 0 Å². The number of rotatable bonds is 9.